The molecule has 0 aromatic heterocycles. The maximum Gasteiger partial charge on any atom is 0.278 e. The molecule has 33 nitrogen and oxygen atoms in total. The number of unbranched alkanes of at least 4 members (excludes halogenated alkanes) is 10. The van der Waals surface area contributed by atoms with Crippen LogP contribution in [0.1, 0.15) is 135 Å². The molecule has 0 aliphatic heterocycles. The second-order valence-corrected chi connectivity index (χ2v) is 23.3. The Balaban J connectivity index is 1.30. The Morgan fingerprint density at radius 2 is 0.470 bits per heavy atom. The summed E-state index contributed by atoms with van der Waals surface area (Å²) in [4.78, 5) is 77.1. The summed E-state index contributed by atoms with van der Waals surface area (Å²) in [5.74, 6) is -1.40. The normalized spacial score (nSPS) is 11.5. The van der Waals surface area contributed by atoms with Gasteiger partial charge in [-0.3, -0.25) is 70.8 Å². The average Bonchev–Trinajstić information content (AvgIpc) is 0.795. The lowest BCUT2D eigenvalue weighted by Crippen LogP contribution is -1.99. The molecule has 0 fully saturated rings. The van der Waals surface area contributed by atoms with E-state index in [1.165, 1.54) is 66.7 Å². The van der Waals surface area contributed by atoms with Crippen LogP contribution in [0.5, 0.6) is 23.0 Å². The Labute approximate surface area is 567 Å². The van der Waals surface area contributed by atoms with Crippen LogP contribution >= 0.6 is 0 Å². The van der Waals surface area contributed by atoms with Crippen molar-refractivity contribution in [3.63, 3.8) is 0 Å². The molecule has 516 valence electrons. The number of aromatic hydroxyl groups is 4. The van der Waals surface area contributed by atoms with Crippen LogP contribution < -0.4 is 0 Å². The summed E-state index contributed by atoms with van der Waals surface area (Å²) in [7, 11) is 0. The van der Waals surface area contributed by atoms with Crippen LogP contribution in [-0.4, -0.2) is 54.9 Å². The molecule has 0 unspecified atom stereocenters. The predicted octanol–water partition coefficient (Wildman–Crippen LogP) is 20.1. The fraction of sp³-hybridized carbons (Fsp3) is 0.284. The Kier molecular flexibility index (Phi) is 25.0. The van der Waals surface area contributed by atoms with E-state index in [2.05, 4.69) is 47.8 Å². The molecule has 0 atom stereocenters. The van der Waals surface area contributed by atoms with Gasteiger partial charge in [0.25, 0.3) is 39.8 Å². The molecule has 0 bridgehead atoms. The predicted molar refractivity (Wildman–Crippen MR) is 364 cm³/mol. The third-order valence-electron chi connectivity index (χ3n) is 15.8. The Morgan fingerprint density at radius 3 is 0.730 bits per heavy atom. The Morgan fingerprint density at radius 1 is 0.260 bits per heavy atom. The second-order valence-electron chi connectivity index (χ2n) is 23.3. The maximum atomic E-state index is 12.6. The number of aryl methyl sites for hydroxylation is 2. The molecular formula is C67H65N15O18. The number of phenols is 4. The molecule has 33 heteroatoms. The van der Waals surface area contributed by atoms with Crippen LogP contribution in [0.25, 0.3) is 0 Å². The van der Waals surface area contributed by atoms with Gasteiger partial charge in [0.05, 0.1) is 98.2 Å². The number of nitro groups is 7. The molecule has 8 rings (SSSR count). The van der Waals surface area contributed by atoms with Crippen molar-refractivity contribution < 1.29 is 54.9 Å². The van der Waals surface area contributed by atoms with Gasteiger partial charge in [-0.25, -0.2) is 0 Å². The van der Waals surface area contributed by atoms with Gasteiger partial charge in [-0.1, -0.05) is 84.1 Å². The van der Waals surface area contributed by atoms with E-state index in [1.54, 1.807) is 6.07 Å². The Hall–Kier alpha value is -12.8. The first-order chi connectivity index (χ1) is 47.9. The second kappa shape index (κ2) is 34.2. The summed E-state index contributed by atoms with van der Waals surface area (Å²) < 4.78 is 0. The first-order valence-corrected chi connectivity index (χ1v) is 31.5. The van der Waals surface area contributed by atoms with Crippen LogP contribution in [-0.2, 0) is 32.1 Å². The van der Waals surface area contributed by atoms with Gasteiger partial charge < -0.3 is 20.4 Å². The van der Waals surface area contributed by atoms with Gasteiger partial charge in [0, 0.05) is 101 Å². The lowest BCUT2D eigenvalue weighted by Gasteiger charge is -2.17. The van der Waals surface area contributed by atoms with Crippen molar-refractivity contribution in [3.8, 4) is 23.0 Å². The average molecular weight is 1370 g/mol. The first-order valence-electron chi connectivity index (χ1n) is 31.5. The number of hydrogen-bond donors (Lipinski definition) is 4. The molecular weight excluding hydrogens is 1300 g/mol. The molecule has 0 radical (unpaired) electrons. The minimum atomic E-state index is -0.874. The molecule has 0 saturated carbocycles. The van der Waals surface area contributed by atoms with Gasteiger partial charge in [-0.15, -0.1) is 0 Å². The van der Waals surface area contributed by atoms with Gasteiger partial charge in [0.2, 0.25) is 0 Å². The van der Waals surface area contributed by atoms with Crippen LogP contribution in [0.3, 0.4) is 0 Å². The van der Waals surface area contributed by atoms with E-state index in [9.17, 15) is 91.2 Å². The first kappa shape index (κ1) is 73.0. The summed E-state index contributed by atoms with van der Waals surface area (Å²) in [6.45, 7) is 4.15. The van der Waals surface area contributed by atoms with E-state index in [1.807, 2.05) is 6.92 Å². The van der Waals surface area contributed by atoms with E-state index in [0.29, 0.717) is 36.5 Å². The highest BCUT2D eigenvalue weighted by Crippen LogP contribution is 2.43. The van der Waals surface area contributed by atoms with Crippen molar-refractivity contribution in [1.29, 1.82) is 0 Å². The minimum Gasteiger partial charge on any atom is -0.507 e. The van der Waals surface area contributed by atoms with Crippen LogP contribution in [0.15, 0.2) is 168 Å². The molecule has 8 aromatic rings. The lowest BCUT2D eigenvalue weighted by molar-refractivity contribution is -0.394. The zero-order valence-electron chi connectivity index (χ0n) is 53.9. The van der Waals surface area contributed by atoms with E-state index in [4.69, 9.17) is 0 Å². The number of phenolic OH excluding ortho intramolecular Hbond substituents is 4. The van der Waals surface area contributed by atoms with E-state index in [-0.39, 0.29) is 115 Å². The summed E-state index contributed by atoms with van der Waals surface area (Å²) in [6, 6.07) is 24.5. The highest BCUT2D eigenvalue weighted by Gasteiger charge is 2.24. The summed E-state index contributed by atoms with van der Waals surface area (Å²) in [5, 5.41) is 166. The van der Waals surface area contributed by atoms with Crippen LogP contribution in [0.2, 0.25) is 0 Å². The number of nitrogens with zero attached hydrogens (tertiary/aromatic N) is 15. The minimum absolute atomic E-state index is 0.0126. The SMILES string of the molecule is CCCCCCCCCc1cc(N=Nc2cccc([N+](=O)[O-])c2)cc(Cc2cc(N=Nc3cc([N+](=O)[O-])cc([N+](=O)[O-])c3)cc(Cc3cc(N=Nc4cc([N+](=O)[O-])cc([N+](=O)[O-])c4)cc(Cc4cc(N=Nc5cc([N+](=O)[O-])cc([N+](=O)[O-])c5)cc(CCCCCCC)c4O)c3O)c2O)c1O. The molecule has 0 spiro atoms. The summed E-state index contributed by atoms with van der Waals surface area (Å²) in [6.07, 6.45) is 10.2. The largest absolute Gasteiger partial charge is 0.507 e. The van der Waals surface area contributed by atoms with Crippen molar-refractivity contribution in [3.05, 3.63) is 243 Å². The monoisotopic (exact) mass is 1370 g/mol. The van der Waals surface area contributed by atoms with E-state index >= 15 is 0 Å². The number of hydrogen-bond acceptors (Lipinski definition) is 26. The third-order valence-corrected chi connectivity index (χ3v) is 15.8. The molecule has 0 aliphatic rings. The van der Waals surface area contributed by atoms with Gasteiger partial charge in [0.1, 0.15) is 23.0 Å². The molecule has 0 aliphatic carbocycles. The van der Waals surface area contributed by atoms with Gasteiger partial charge in [0.15, 0.2) is 0 Å². The number of benzene rings is 8. The number of nitro benzene ring substituents is 7. The number of azo groups is 4. The van der Waals surface area contributed by atoms with Crippen LogP contribution in [0.4, 0.5) is 85.3 Å². The highest BCUT2D eigenvalue weighted by atomic mass is 16.7. The van der Waals surface area contributed by atoms with Crippen molar-refractivity contribution >= 4 is 85.3 Å². The van der Waals surface area contributed by atoms with Crippen molar-refractivity contribution in [1.82, 2.24) is 0 Å². The van der Waals surface area contributed by atoms with Crippen LogP contribution in [0, 0.1) is 70.8 Å². The number of non-ortho nitro benzene ring substituents is 7. The quantitative estimate of drug-likeness (QED) is 0.0124. The molecule has 4 N–H and O–H groups in total. The van der Waals surface area contributed by atoms with Crippen molar-refractivity contribution in [2.24, 2.45) is 40.9 Å². The zero-order valence-corrected chi connectivity index (χ0v) is 53.9. The maximum absolute atomic E-state index is 12.6. The summed E-state index contributed by atoms with van der Waals surface area (Å²) in [5.41, 5.74) is -4.05. The highest BCUT2D eigenvalue weighted by molar-refractivity contribution is 5.64. The topological polar surface area (TPSA) is 482 Å². The molecule has 8 aromatic carbocycles. The standard InChI is InChI=1S/C67H65N15O18/c1-3-5-7-9-10-12-14-17-42-23-50(69-68-49-18-15-19-57(31-49)76(87)88)25-43(65(42)84)20-45-27-52(71-74-55-34-60(79(93)94)39-61(35-55)80(95)96)29-47(66(45)85)22-48-30-53(72-75-56-36-62(81(97)98)40-63(37-56)82(99)100)28-46(67(48)86)21-44-26-51(24-41(64(44)83)16-13-11-8-6-4-2)70-73-54-32-58(77(89)90)38-59(33-54)78(91)92/h15,18-19,23-40,83-86H,3-14,16-17,20-22H2,1-2H3. The molecule has 0 heterocycles. The fourth-order valence-corrected chi connectivity index (χ4v) is 10.9. The molecule has 0 saturated heterocycles. The van der Waals surface area contributed by atoms with Gasteiger partial charge in [-0.05, 0) is 91.4 Å². The summed E-state index contributed by atoms with van der Waals surface area (Å²) >= 11 is 0. The van der Waals surface area contributed by atoms with Crippen molar-refractivity contribution in [2.75, 3.05) is 0 Å². The third kappa shape index (κ3) is 20.1. The van der Waals surface area contributed by atoms with Crippen molar-refractivity contribution in [2.45, 2.75) is 123 Å². The van der Waals surface area contributed by atoms with Gasteiger partial charge in [-0.2, -0.15) is 40.9 Å². The number of rotatable bonds is 35. The van der Waals surface area contributed by atoms with E-state index in [0.717, 1.165) is 113 Å². The lowest BCUT2D eigenvalue weighted by atomic mass is 9.92. The fourth-order valence-electron chi connectivity index (χ4n) is 10.9. The zero-order chi connectivity index (χ0) is 72.2. The molecule has 0 amide bonds. The smallest absolute Gasteiger partial charge is 0.278 e. The van der Waals surface area contributed by atoms with Gasteiger partial charge >= 0.3 is 0 Å². The molecule has 100 heavy (non-hydrogen) atoms. The Bertz CT molecular complexity index is 4500. The van der Waals surface area contributed by atoms with E-state index < -0.39 is 86.5 Å².